The third-order valence-electron chi connectivity index (χ3n) is 2.76. The monoisotopic (exact) mass is 267 g/mol. The third kappa shape index (κ3) is 4.70. The maximum absolute atomic E-state index is 11.8. The first-order valence-electron chi connectivity index (χ1n) is 6.28. The molecule has 1 aromatic heterocycles. The van der Waals surface area contributed by atoms with Crippen LogP contribution in [0.1, 0.15) is 6.92 Å². The standard InChI is InChI=1S/C12H21N5O2/c1-4-16(3)12(19)9-17-11(18)7-10(8-15-17)14-6-5-13-2/h7-8,13-14H,4-6,9H2,1-3H3. The Bertz CT molecular complexity index is 471. The fraction of sp³-hybridized carbons (Fsp3) is 0.583. The van der Waals surface area contributed by atoms with Crippen molar-refractivity contribution in [1.82, 2.24) is 20.0 Å². The molecule has 1 heterocycles. The van der Waals surface area contributed by atoms with Crippen LogP contribution in [0.5, 0.6) is 0 Å². The summed E-state index contributed by atoms with van der Waals surface area (Å²) in [6, 6.07) is 1.45. The molecule has 7 nitrogen and oxygen atoms in total. The number of rotatable bonds is 7. The van der Waals surface area contributed by atoms with E-state index in [1.165, 1.54) is 6.07 Å². The highest BCUT2D eigenvalue weighted by Gasteiger charge is 2.09. The lowest BCUT2D eigenvalue weighted by atomic mass is 10.4. The lowest BCUT2D eigenvalue weighted by Gasteiger charge is -2.14. The normalized spacial score (nSPS) is 10.3. The van der Waals surface area contributed by atoms with Gasteiger partial charge in [0.25, 0.3) is 5.56 Å². The van der Waals surface area contributed by atoms with E-state index in [2.05, 4.69) is 15.7 Å². The molecule has 0 bridgehead atoms. The average Bonchev–Trinajstić information content (AvgIpc) is 2.41. The number of carbonyl (C=O) groups excluding carboxylic acids is 1. The van der Waals surface area contributed by atoms with Crippen molar-refractivity contribution < 1.29 is 4.79 Å². The van der Waals surface area contributed by atoms with Gasteiger partial charge in [-0.1, -0.05) is 0 Å². The highest BCUT2D eigenvalue weighted by atomic mass is 16.2. The van der Waals surface area contributed by atoms with Gasteiger partial charge < -0.3 is 15.5 Å². The highest BCUT2D eigenvalue weighted by Crippen LogP contribution is 1.98. The summed E-state index contributed by atoms with van der Waals surface area (Å²) in [7, 11) is 3.55. The lowest BCUT2D eigenvalue weighted by Crippen LogP contribution is -2.34. The number of carbonyl (C=O) groups is 1. The summed E-state index contributed by atoms with van der Waals surface area (Å²) in [6.07, 6.45) is 1.55. The van der Waals surface area contributed by atoms with E-state index in [1.54, 1.807) is 18.1 Å². The maximum Gasteiger partial charge on any atom is 0.269 e. The summed E-state index contributed by atoms with van der Waals surface area (Å²) in [5, 5.41) is 10.0. The molecule has 106 valence electrons. The second kappa shape index (κ2) is 7.52. The molecule has 0 spiro atoms. The Morgan fingerprint density at radius 2 is 2.21 bits per heavy atom. The number of aromatic nitrogens is 2. The Balaban J connectivity index is 2.67. The fourth-order valence-corrected chi connectivity index (χ4v) is 1.41. The van der Waals surface area contributed by atoms with E-state index >= 15 is 0 Å². The summed E-state index contributed by atoms with van der Waals surface area (Å²) in [5.41, 5.74) is 0.375. The van der Waals surface area contributed by atoms with Gasteiger partial charge in [0.2, 0.25) is 5.91 Å². The number of hydrogen-bond donors (Lipinski definition) is 2. The van der Waals surface area contributed by atoms with Crippen molar-refractivity contribution in [3.05, 3.63) is 22.6 Å². The second-order valence-corrected chi connectivity index (χ2v) is 4.18. The number of nitrogens with one attached hydrogen (secondary N) is 2. The van der Waals surface area contributed by atoms with Crippen molar-refractivity contribution in [3.63, 3.8) is 0 Å². The molecule has 0 aliphatic heterocycles. The van der Waals surface area contributed by atoms with Crippen molar-refractivity contribution in [1.29, 1.82) is 0 Å². The Morgan fingerprint density at radius 3 is 2.79 bits per heavy atom. The Kier molecular flexibility index (Phi) is 6.01. The van der Waals surface area contributed by atoms with Crippen molar-refractivity contribution in [2.45, 2.75) is 13.5 Å². The number of hydrogen-bond acceptors (Lipinski definition) is 5. The molecule has 0 aliphatic rings. The minimum absolute atomic E-state index is 0.0278. The minimum Gasteiger partial charge on any atom is -0.382 e. The molecule has 0 radical (unpaired) electrons. The Morgan fingerprint density at radius 1 is 1.47 bits per heavy atom. The molecule has 1 amide bonds. The minimum atomic E-state index is -0.285. The number of anilines is 1. The van der Waals surface area contributed by atoms with Gasteiger partial charge in [0, 0.05) is 32.7 Å². The van der Waals surface area contributed by atoms with Gasteiger partial charge in [-0.15, -0.1) is 0 Å². The van der Waals surface area contributed by atoms with Gasteiger partial charge in [0.15, 0.2) is 0 Å². The SMILES string of the molecule is CCN(C)C(=O)Cn1ncc(NCCNC)cc1=O. The lowest BCUT2D eigenvalue weighted by molar-refractivity contribution is -0.130. The van der Waals surface area contributed by atoms with Crippen LogP contribution in [0.3, 0.4) is 0 Å². The molecular weight excluding hydrogens is 246 g/mol. The molecule has 2 N–H and O–H groups in total. The van der Waals surface area contributed by atoms with E-state index in [0.717, 1.165) is 11.2 Å². The van der Waals surface area contributed by atoms with Crippen LogP contribution in [0.4, 0.5) is 5.69 Å². The number of likely N-dealkylation sites (N-methyl/N-ethyl adjacent to an activating group) is 2. The van der Waals surface area contributed by atoms with Gasteiger partial charge >= 0.3 is 0 Å². The molecule has 0 unspecified atom stereocenters. The van der Waals surface area contributed by atoms with Crippen LogP contribution < -0.4 is 16.2 Å². The van der Waals surface area contributed by atoms with Gasteiger partial charge in [-0.3, -0.25) is 9.59 Å². The van der Waals surface area contributed by atoms with E-state index in [4.69, 9.17) is 0 Å². The van der Waals surface area contributed by atoms with Crippen LogP contribution in [-0.2, 0) is 11.3 Å². The summed E-state index contributed by atoms with van der Waals surface area (Å²) in [4.78, 5) is 25.0. The molecule has 0 atom stereocenters. The van der Waals surface area contributed by atoms with Gasteiger partial charge in [-0.2, -0.15) is 5.10 Å². The molecule has 7 heteroatoms. The smallest absolute Gasteiger partial charge is 0.269 e. The average molecular weight is 267 g/mol. The molecule has 0 saturated heterocycles. The molecular formula is C12H21N5O2. The van der Waals surface area contributed by atoms with Crippen LogP contribution in [0.15, 0.2) is 17.1 Å². The zero-order chi connectivity index (χ0) is 14.3. The summed E-state index contributed by atoms with van der Waals surface area (Å²) < 4.78 is 1.16. The van der Waals surface area contributed by atoms with Crippen molar-refractivity contribution in [2.24, 2.45) is 0 Å². The van der Waals surface area contributed by atoms with Crippen molar-refractivity contribution in [2.75, 3.05) is 39.0 Å². The van der Waals surface area contributed by atoms with Crippen LogP contribution in [0.25, 0.3) is 0 Å². The van der Waals surface area contributed by atoms with E-state index < -0.39 is 0 Å². The topological polar surface area (TPSA) is 79.3 Å². The van der Waals surface area contributed by atoms with Gasteiger partial charge in [0.05, 0.1) is 11.9 Å². The predicted molar refractivity (Wildman–Crippen MR) is 74.2 cm³/mol. The molecule has 0 aliphatic carbocycles. The number of amides is 1. The molecule has 0 fully saturated rings. The predicted octanol–water partition coefficient (Wildman–Crippen LogP) is -0.647. The molecule has 1 rings (SSSR count). The van der Waals surface area contributed by atoms with E-state index in [-0.39, 0.29) is 18.0 Å². The zero-order valence-electron chi connectivity index (χ0n) is 11.6. The van der Waals surface area contributed by atoms with Gasteiger partial charge in [0.1, 0.15) is 6.54 Å². The van der Waals surface area contributed by atoms with Crippen LogP contribution >= 0.6 is 0 Å². The summed E-state index contributed by atoms with van der Waals surface area (Å²) in [5.74, 6) is -0.131. The van der Waals surface area contributed by atoms with Crippen molar-refractivity contribution >= 4 is 11.6 Å². The zero-order valence-corrected chi connectivity index (χ0v) is 11.6. The first-order chi connectivity index (χ1) is 9.08. The second-order valence-electron chi connectivity index (χ2n) is 4.18. The van der Waals surface area contributed by atoms with E-state index in [0.29, 0.717) is 18.8 Å². The maximum atomic E-state index is 11.8. The molecule has 0 aromatic carbocycles. The first-order valence-corrected chi connectivity index (χ1v) is 6.28. The molecule has 0 saturated carbocycles. The van der Waals surface area contributed by atoms with E-state index in [9.17, 15) is 9.59 Å². The quantitative estimate of drug-likeness (QED) is 0.642. The Labute approximate surface area is 112 Å². The van der Waals surface area contributed by atoms with Gasteiger partial charge in [-0.25, -0.2) is 4.68 Å². The van der Waals surface area contributed by atoms with E-state index in [1.807, 2.05) is 14.0 Å². The van der Waals surface area contributed by atoms with Crippen LogP contribution in [-0.4, -0.2) is 54.3 Å². The fourth-order valence-electron chi connectivity index (χ4n) is 1.41. The number of nitrogens with zero attached hydrogens (tertiary/aromatic N) is 3. The van der Waals surface area contributed by atoms with Crippen LogP contribution in [0, 0.1) is 0 Å². The van der Waals surface area contributed by atoms with Gasteiger partial charge in [-0.05, 0) is 14.0 Å². The molecule has 19 heavy (non-hydrogen) atoms. The van der Waals surface area contributed by atoms with Crippen molar-refractivity contribution in [3.8, 4) is 0 Å². The summed E-state index contributed by atoms with van der Waals surface area (Å²) in [6.45, 7) is 3.96. The van der Waals surface area contributed by atoms with Crippen LogP contribution in [0.2, 0.25) is 0 Å². The molecule has 1 aromatic rings. The third-order valence-corrected chi connectivity index (χ3v) is 2.76. The largest absolute Gasteiger partial charge is 0.382 e. The highest BCUT2D eigenvalue weighted by molar-refractivity contribution is 5.75. The summed E-state index contributed by atoms with van der Waals surface area (Å²) >= 11 is 0. The first kappa shape index (κ1) is 15.2. The Hall–Kier alpha value is -1.89.